The average molecular weight is 364 g/mol. The van der Waals surface area contributed by atoms with E-state index in [1.165, 1.54) is 13.2 Å². The number of rotatable bonds is 2. The van der Waals surface area contributed by atoms with Gasteiger partial charge in [-0.1, -0.05) is 0 Å². The largest absolute Gasteiger partial charge is 0.467 e. The zero-order valence-electron chi connectivity index (χ0n) is 13.8. The first-order valence-electron chi connectivity index (χ1n) is 8.13. The topological polar surface area (TPSA) is 63.6 Å². The van der Waals surface area contributed by atoms with Crippen LogP contribution in [0.5, 0.6) is 0 Å². The summed E-state index contributed by atoms with van der Waals surface area (Å²) in [6, 6.07) is 4.21. The van der Waals surface area contributed by atoms with Crippen LogP contribution in [0.1, 0.15) is 46.4 Å². The van der Waals surface area contributed by atoms with Crippen molar-refractivity contribution in [3.63, 3.8) is 0 Å². The lowest BCUT2D eigenvalue weighted by atomic mass is 10.1. The second kappa shape index (κ2) is 5.86. The van der Waals surface area contributed by atoms with Crippen LogP contribution in [0, 0.1) is 6.92 Å². The number of furan rings is 1. The van der Waals surface area contributed by atoms with E-state index in [2.05, 4.69) is 10.1 Å². The lowest BCUT2D eigenvalue weighted by Crippen LogP contribution is -2.30. The molecule has 6 nitrogen and oxygen atoms in total. The van der Waals surface area contributed by atoms with Crippen LogP contribution in [0.25, 0.3) is 5.65 Å². The summed E-state index contributed by atoms with van der Waals surface area (Å²) in [6.07, 6.45) is -0.388. The van der Waals surface area contributed by atoms with Crippen molar-refractivity contribution in [1.82, 2.24) is 19.5 Å². The fourth-order valence-corrected chi connectivity index (χ4v) is 3.38. The highest BCUT2D eigenvalue weighted by atomic mass is 19.4. The van der Waals surface area contributed by atoms with Crippen molar-refractivity contribution in [3.8, 4) is 0 Å². The predicted octanol–water partition coefficient (Wildman–Crippen LogP) is 3.63. The molecule has 0 saturated carbocycles. The van der Waals surface area contributed by atoms with Gasteiger partial charge in [0.1, 0.15) is 17.0 Å². The van der Waals surface area contributed by atoms with Crippen LogP contribution >= 0.6 is 0 Å². The van der Waals surface area contributed by atoms with E-state index in [0.717, 1.165) is 25.1 Å². The van der Waals surface area contributed by atoms with Gasteiger partial charge in [-0.25, -0.2) is 9.50 Å². The Balaban J connectivity index is 1.77. The molecule has 1 amide bonds. The third kappa shape index (κ3) is 2.63. The summed E-state index contributed by atoms with van der Waals surface area (Å²) in [6.45, 7) is 1.96. The smallest absolute Gasteiger partial charge is 0.433 e. The second-order valence-corrected chi connectivity index (χ2v) is 6.25. The van der Waals surface area contributed by atoms with Crippen molar-refractivity contribution < 1.29 is 22.4 Å². The molecular weight excluding hydrogens is 349 g/mol. The van der Waals surface area contributed by atoms with Crippen LogP contribution in [0.15, 0.2) is 35.1 Å². The van der Waals surface area contributed by atoms with Crippen LogP contribution < -0.4 is 0 Å². The fourth-order valence-electron chi connectivity index (χ4n) is 3.38. The SMILES string of the molecule is Cc1cc(C(F)(F)F)n2ncc(C(=O)N3CCC[C@@H]3c3ccco3)c2n1. The number of hydrogen-bond acceptors (Lipinski definition) is 4. The molecule has 26 heavy (non-hydrogen) atoms. The van der Waals surface area contributed by atoms with E-state index in [9.17, 15) is 18.0 Å². The molecule has 0 spiro atoms. The third-order valence-corrected chi connectivity index (χ3v) is 4.51. The molecule has 3 aromatic rings. The fraction of sp³-hybridized carbons (Fsp3) is 0.353. The molecular formula is C17H15F3N4O2. The Bertz CT molecular complexity index is 962. The number of alkyl halides is 3. The zero-order chi connectivity index (χ0) is 18.5. The van der Waals surface area contributed by atoms with E-state index < -0.39 is 17.8 Å². The van der Waals surface area contributed by atoms with E-state index in [4.69, 9.17) is 4.42 Å². The highest BCUT2D eigenvalue weighted by Crippen LogP contribution is 2.35. The maximum atomic E-state index is 13.3. The molecule has 4 heterocycles. The molecule has 0 unspecified atom stereocenters. The minimum absolute atomic E-state index is 0.0534. The number of amides is 1. The van der Waals surface area contributed by atoms with Gasteiger partial charge in [-0.15, -0.1) is 0 Å². The average Bonchev–Trinajstić information content (AvgIpc) is 3.31. The van der Waals surface area contributed by atoms with E-state index in [1.54, 1.807) is 17.0 Å². The van der Waals surface area contributed by atoms with Gasteiger partial charge in [-0.2, -0.15) is 18.3 Å². The molecule has 0 aliphatic carbocycles. The van der Waals surface area contributed by atoms with Gasteiger partial charge in [0.15, 0.2) is 5.65 Å². The number of aromatic nitrogens is 3. The van der Waals surface area contributed by atoms with E-state index in [1.807, 2.05) is 0 Å². The Kier molecular flexibility index (Phi) is 3.74. The number of carbonyl (C=O) groups excluding carboxylic acids is 1. The van der Waals surface area contributed by atoms with Crippen molar-refractivity contribution in [3.05, 3.63) is 53.4 Å². The zero-order valence-corrected chi connectivity index (χ0v) is 13.8. The van der Waals surface area contributed by atoms with Gasteiger partial charge in [-0.3, -0.25) is 4.79 Å². The van der Waals surface area contributed by atoms with Crippen LogP contribution in [-0.2, 0) is 6.18 Å². The van der Waals surface area contributed by atoms with Crippen LogP contribution in [0.2, 0.25) is 0 Å². The lowest BCUT2D eigenvalue weighted by molar-refractivity contribution is -0.142. The molecule has 1 fully saturated rings. The summed E-state index contributed by atoms with van der Waals surface area (Å²) < 4.78 is 45.9. The van der Waals surface area contributed by atoms with Crippen LogP contribution in [-0.4, -0.2) is 31.9 Å². The van der Waals surface area contributed by atoms with Gasteiger partial charge in [0.25, 0.3) is 5.91 Å². The molecule has 0 N–H and O–H groups in total. The number of hydrogen-bond donors (Lipinski definition) is 0. The molecule has 1 aliphatic rings. The van der Waals surface area contributed by atoms with Crippen molar-refractivity contribution in [2.75, 3.05) is 6.54 Å². The molecule has 1 atom stereocenters. The van der Waals surface area contributed by atoms with Crippen molar-refractivity contribution in [2.24, 2.45) is 0 Å². The normalized spacial score (nSPS) is 18.0. The number of fused-ring (bicyclic) bond motifs is 1. The molecule has 136 valence electrons. The summed E-state index contributed by atoms with van der Waals surface area (Å²) in [7, 11) is 0. The van der Waals surface area contributed by atoms with E-state index in [0.29, 0.717) is 16.8 Å². The number of aryl methyl sites for hydroxylation is 1. The highest BCUT2D eigenvalue weighted by Gasteiger charge is 2.37. The van der Waals surface area contributed by atoms with Crippen molar-refractivity contribution >= 4 is 11.6 Å². The molecule has 0 bridgehead atoms. The van der Waals surface area contributed by atoms with Crippen molar-refractivity contribution in [1.29, 1.82) is 0 Å². The molecule has 0 radical (unpaired) electrons. The highest BCUT2D eigenvalue weighted by molar-refractivity contribution is 6.00. The van der Waals surface area contributed by atoms with Gasteiger partial charge in [-0.05, 0) is 38.0 Å². The van der Waals surface area contributed by atoms with Crippen LogP contribution in [0.3, 0.4) is 0 Å². The van der Waals surface area contributed by atoms with Gasteiger partial charge in [0.05, 0.1) is 18.5 Å². The first-order valence-corrected chi connectivity index (χ1v) is 8.13. The Morgan fingerprint density at radius 3 is 2.88 bits per heavy atom. The Morgan fingerprint density at radius 1 is 1.38 bits per heavy atom. The number of likely N-dealkylation sites (tertiary alicyclic amines) is 1. The number of carbonyl (C=O) groups is 1. The molecule has 1 saturated heterocycles. The first kappa shape index (κ1) is 16.6. The monoisotopic (exact) mass is 364 g/mol. The molecule has 4 rings (SSSR count). The summed E-state index contributed by atoms with van der Waals surface area (Å²) in [5.41, 5.74) is -0.823. The van der Waals surface area contributed by atoms with Gasteiger partial charge in [0, 0.05) is 12.2 Å². The standard InChI is InChI=1S/C17H15F3N4O2/c1-10-8-14(17(18,19)20)24-15(22-10)11(9-21-24)16(25)23-6-2-4-12(23)13-5-3-7-26-13/h3,5,7-9,12H,2,4,6H2,1H3/t12-/m1/s1. The Hall–Kier alpha value is -2.84. The minimum Gasteiger partial charge on any atom is -0.467 e. The van der Waals surface area contributed by atoms with Gasteiger partial charge >= 0.3 is 6.18 Å². The summed E-state index contributed by atoms with van der Waals surface area (Å²) in [5.74, 6) is 0.262. The first-order chi connectivity index (χ1) is 12.4. The maximum Gasteiger partial charge on any atom is 0.433 e. The second-order valence-electron chi connectivity index (χ2n) is 6.25. The molecule has 3 aromatic heterocycles. The third-order valence-electron chi connectivity index (χ3n) is 4.51. The van der Waals surface area contributed by atoms with E-state index >= 15 is 0 Å². The molecule has 1 aliphatic heterocycles. The predicted molar refractivity (Wildman–Crippen MR) is 84.4 cm³/mol. The minimum atomic E-state index is -4.59. The summed E-state index contributed by atoms with van der Waals surface area (Å²) in [5, 5.41) is 3.77. The van der Waals surface area contributed by atoms with Gasteiger partial charge in [0.2, 0.25) is 0 Å². The lowest BCUT2D eigenvalue weighted by Gasteiger charge is -2.22. The van der Waals surface area contributed by atoms with Crippen molar-refractivity contribution in [2.45, 2.75) is 32.0 Å². The molecule has 0 aromatic carbocycles. The van der Waals surface area contributed by atoms with E-state index in [-0.39, 0.29) is 22.9 Å². The number of nitrogens with zero attached hydrogens (tertiary/aromatic N) is 4. The number of halogens is 3. The summed E-state index contributed by atoms with van der Waals surface area (Å²) >= 11 is 0. The Morgan fingerprint density at radius 2 is 2.19 bits per heavy atom. The Labute approximate surface area is 146 Å². The quantitative estimate of drug-likeness (QED) is 0.697. The summed E-state index contributed by atoms with van der Waals surface area (Å²) in [4.78, 5) is 18.7. The van der Waals surface area contributed by atoms with Gasteiger partial charge < -0.3 is 9.32 Å². The van der Waals surface area contributed by atoms with Crippen LogP contribution in [0.4, 0.5) is 13.2 Å². The maximum absolute atomic E-state index is 13.3. The molecule has 9 heteroatoms.